The quantitative estimate of drug-likeness (QED) is 0.344. The molecule has 1 rings (SSSR count). The summed E-state index contributed by atoms with van der Waals surface area (Å²) in [6.45, 7) is 1.50. The number of aliphatic hydroxyl groups excluding tert-OH is 1. The van der Waals surface area contributed by atoms with Gasteiger partial charge in [-0.05, 0) is 34.7 Å². The van der Waals surface area contributed by atoms with Gasteiger partial charge in [-0.3, -0.25) is 10.1 Å². The average Bonchev–Trinajstić information content (AvgIpc) is 2.33. The van der Waals surface area contributed by atoms with E-state index in [1.807, 2.05) is 34.5 Å². The molecule has 0 radical (unpaired) electrons. The van der Waals surface area contributed by atoms with Crippen LogP contribution in [0.5, 0.6) is 0 Å². The molecule has 100 valence electrons. The van der Waals surface area contributed by atoms with Crippen molar-refractivity contribution in [3.63, 3.8) is 0 Å². The van der Waals surface area contributed by atoms with Crippen LogP contribution in [0.1, 0.15) is 0 Å². The van der Waals surface area contributed by atoms with Crippen LogP contribution in [0, 0.1) is 13.7 Å². The molecule has 0 spiro atoms. The topological polar surface area (TPSA) is 75.8 Å². The number of hydrogen-bond donors (Lipinski definition) is 1. The van der Waals surface area contributed by atoms with Gasteiger partial charge in [0.15, 0.2) is 0 Å². The molecule has 6 nitrogen and oxygen atoms in total. The van der Waals surface area contributed by atoms with E-state index < -0.39 is 4.92 Å². The monoisotopic (exact) mass is 366 g/mol. The maximum absolute atomic E-state index is 10.7. The largest absolute Gasteiger partial charge is 0.394 e. The van der Waals surface area contributed by atoms with Crippen LogP contribution in [0.3, 0.4) is 0 Å². The minimum absolute atomic E-state index is 0.0130. The van der Waals surface area contributed by atoms with Crippen LogP contribution < -0.4 is 4.90 Å². The second kappa shape index (κ2) is 7.49. The number of aliphatic hydroxyl groups is 1. The minimum Gasteiger partial charge on any atom is -0.394 e. The number of ether oxygens (including phenoxy) is 1. The van der Waals surface area contributed by atoms with Crippen molar-refractivity contribution in [1.82, 2.24) is 0 Å². The fourth-order valence-corrected chi connectivity index (χ4v) is 2.07. The number of anilines is 1. The van der Waals surface area contributed by atoms with Crippen molar-refractivity contribution < 1.29 is 14.8 Å². The summed E-state index contributed by atoms with van der Waals surface area (Å²) < 4.78 is 5.77. The van der Waals surface area contributed by atoms with Crippen molar-refractivity contribution in [2.24, 2.45) is 0 Å². The van der Waals surface area contributed by atoms with Gasteiger partial charge in [-0.25, -0.2) is 0 Å². The maximum atomic E-state index is 10.7. The predicted molar refractivity (Wildman–Crippen MR) is 77.0 cm³/mol. The molecule has 0 aliphatic heterocycles. The molecule has 0 bridgehead atoms. The highest BCUT2D eigenvalue weighted by Gasteiger charge is 2.12. The van der Waals surface area contributed by atoms with Crippen molar-refractivity contribution in [2.45, 2.75) is 0 Å². The Labute approximate surface area is 119 Å². The minimum atomic E-state index is -0.393. The summed E-state index contributed by atoms with van der Waals surface area (Å²) in [6, 6.07) is 4.99. The molecule has 0 unspecified atom stereocenters. The van der Waals surface area contributed by atoms with E-state index in [1.54, 1.807) is 12.1 Å². The van der Waals surface area contributed by atoms with Gasteiger partial charge in [0.1, 0.15) is 0 Å². The molecule has 7 heteroatoms. The molecule has 0 fully saturated rings. The Morgan fingerprint density at radius 1 is 1.50 bits per heavy atom. The lowest BCUT2D eigenvalue weighted by Crippen LogP contribution is -2.23. The van der Waals surface area contributed by atoms with Crippen LogP contribution in [-0.2, 0) is 4.74 Å². The number of nitro groups is 1. The number of likely N-dealkylation sites (N-methyl/N-ethyl adjacent to an activating group) is 1. The van der Waals surface area contributed by atoms with E-state index >= 15 is 0 Å². The highest BCUT2D eigenvalue weighted by atomic mass is 127. The zero-order chi connectivity index (χ0) is 13.5. The van der Waals surface area contributed by atoms with Gasteiger partial charge < -0.3 is 14.7 Å². The van der Waals surface area contributed by atoms with Crippen LogP contribution in [-0.4, -0.2) is 43.4 Å². The first-order chi connectivity index (χ1) is 8.56. The molecule has 1 aromatic carbocycles. The standard InChI is InChI=1S/C11H15IN2O4/c1-13(4-6-18-7-5-15)9-2-3-11(14(16)17)10(12)8-9/h2-3,8,15H,4-7H2,1H3. The van der Waals surface area contributed by atoms with E-state index in [4.69, 9.17) is 9.84 Å². The molecule has 1 N–H and O–H groups in total. The Kier molecular flexibility index (Phi) is 6.30. The molecule has 0 atom stereocenters. The molecule has 0 saturated heterocycles. The van der Waals surface area contributed by atoms with Gasteiger partial charge in [-0.15, -0.1) is 0 Å². The zero-order valence-electron chi connectivity index (χ0n) is 10.0. The molecule has 0 saturated carbocycles. The summed E-state index contributed by atoms with van der Waals surface area (Å²) >= 11 is 1.95. The summed E-state index contributed by atoms with van der Waals surface area (Å²) in [6.07, 6.45) is 0. The fraction of sp³-hybridized carbons (Fsp3) is 0.455. The van der Waals surface area contributed by atoms with Crippen molar-refractivity contribution in [1.29, 1.82) is 0 Å². The fourth-order valence-electron chi connectivity index (χ4n) is 1.38. The van der Waals surface area contributed by atoms with E-state index in [9.17, 15) is 10.1 Å². The van der Waals surface area contributed by atoms with Crippen LogP contribution in [0.2, 0.25) is 0 Å². The summed E-state index contributed by atoms with van der Waals surface area (Å²) in [5.41, 5.74) is 1.02. The Balaban J connectivity index is 2.61. The molecule has 0 aliphatic rings. The Morgan fingerprint density at radius 3 is 2.78 bits per heavy atom. The lowest BCUT2D eigenvalue weighted by atomic mass is 10.2. The number of nitrogens with zero attached hydrogens (tertiary/aromatic N) is 2. The summed E-state index contributed by atoms with van der Waals surface area (Å²) in [4.78, 5) is 12.2. The van der Waals surface area contributed by atoms with E-state index in [0.29, 0.717) is 23.3 Å². The van der Waals surface area contributed by atoms with E-state index in [2.05, 4.69) is 0 Å². The molecular formula is C11H15IN2O4. The SMILES string of the molecule is CN(CCOCCO)c1ccc([N+](=O)[O-])c(I)c1. The summed E-state index contributed by atoms with van der Waals surface area (Å²) in [7, 11) is 1.89. The average molecular weight is 366 g/mol. The number of nitro benzene ring substituents is 1. The van der Waals surface area contributed by atoms with E-state index in [1.165, 1.54) is 6.07 Å². The first-order valence-electron chi connectivity index (χ1n) is 5.40. The lowest BCUT2D eigenvalue weighted by molar-refractivity contribution is -0.385. The van der Waals surface area contributed by atoms with Gasteiger partial charge in [0.05, 0.1) is 28.3 Å². The number of halogens is 1. The summed E-state index contributed by atoms with van der Waals surface area (Å²) in [5.74, 6) is 0. The highest BCUT2D eigenvalue weighted by molar-refractivity contribution is 14.1. The molecule has 1 aromatic rings. The van der Waals surface area contributed by atoms with Crippen LogP contribution in [0.4, 0.5) is 11.4 Å². The molecule has 0 aliphatic carbocycles. The van der Waals surface area contributed by atoms with Crippen molar-refractivity contribution in [2.75, 3.05) is 38.3 Å². The van der Waals surface area contributed by atoms with Gasteiger partial charge in [0, 0.05) is 25.3 Å². The van der Waals surface area contributed by atoms with E-state index in [-0.39, 0.29) is 12.3 Å². The smallest absolute Gasteiger partial charge is 0.282 e. The summed E-state index contributed by atoms with van der Waals surface area (Å²) in [5, 5.41) is 19.3. The molecule has 0 aromatic heterocycles. The highest BCUT2D eigenvalue weighted by Crippen LogP contribution is 2.25. The van der Waals surface area contributed by atoms with Crippen LogP contribution in [0.15, 0.2) is 18.2 Å². The van der Waals surface area contributed by atoms with Crippen molar-refractivity contribution >= 4 is 34.0 Å². The maximum Gasteiger partial charge on any atom is 0.282 e. The number of rotatable bonds is 7. The van der Waals surface area contributed by atoms with Gasteiger partial charge >= 0.3 is 0 Å². The Bertz CT molecular complexity index is 414. The normalized spacial score (nSPS) is 10.4. The third-order valence-electron chi connectivity index (χ3n) is 2.38. The first kappa shape index (κ1) is 15.1. The third-order valence-corrected chi connectivity index (χ3v) is 3.24. The van der Waals surface area contributed by atoms with Crippen molar-refractivity contribution in [3.8, 4) is 0 Å². The van der Waals surface area contributed by atoms with Crippen molar-refractivity contribution in [3.05, 3.63) is 31.9 Å². The second-order valence-corrected chi connectivity index (χ2v) is 4.81. The molecular weight excluding hydrogens is 351 g/mol. The third kappa shape index (κ3) is 4.39. The van der Waals surface area contributed by atoms with Crippen LogP contribution >= 0.6 is 22.6 Å². The molecule has 18 heavy (non-hydrogen) atoms. The van der Waals surface area contributed by atoms with Gasteiger partial charge in [-0.2, -0.15) is 0 Å². The number of hydrogen-bond acceptors (Lipinski definition) is 5. The first-order valence-corrected chi connectivity index (χ1v) is 6.48. The van der Waals surface area contributed by atoms with Gasteiger partial charge in [0.25, 0.3) is 5.69 Å². The number of benzene rings is 1. The second-order valence-electron chi connectivity index (χ2n) is 3.65. The van der Waals surface area contributed by atoms with E-state index in [0.717, 1.165) is 5.69 Å². The Hall–Kier alpha value is -0.930. The van der Waals surface area contributed by atoms with Gasteiger partial charge in [0.2, 0.25) is 0 Å². The molecule has 0 amide bonds. The van der Waals surface area contributed by atoms with Gasteiger partial charge in [-0.1, -0.05) is 0 Å². The molecule has 0 heterocycles. The zero-order valence-corrected chi connectivity index (χ0v) is 12.2. The Morgan fingerprint density at radius 2 is 2.22 bits per heavy atom. The predicted octanol–water partition coefficient (Wildman–Crippen LogP) is 1.64. The lowest BCUT2D eigenvalue weighted by Gasteiger charge is -2.19. The van der Waals surface area contributed by atoms with Crippen LogP contribution in [0.25, 0.3) is 0 Å².